The van der Waals surface area contributed by atoms with Crippen LogP contribution in [-0.4, -0.2) is 62.4 Å². The van der Waals surface area contributed by atoms with E-state index in [1.54, 1.807) is 0 Å². The van der Waals surface area contributed by atoms with Crippen molar-refractivity contribution in [3.05, 3.63) is 59.7 Å². The molecule has 1 fully saturated rings. The number of hydrogen-bond acceptors (Lipinski definition) is 5. The Kier molecular flexibility index (Phi) is 6.39. The summed E-state index contributed by atoms with van der Waals surface area (Å²) in [5, 5.41) is 0. The molecular weight excluding hydrogens is 408 g/mol. The van der Waals surface area contributed by atoms with Crippen LogP contribution in [-0.2, 0) is 13.0 Å². The zero-order valence-corrected chi connectivity index (χ0v) is 20.6. The summed E-state index contributed by atoms with van der Waals surface area (Å²) in [7, 11) is 0. The van der Waals surface area contributed by atoms with Crippen LogP contribution in [0.2, 0.25) is 0 Å². The topological polar surface area (TPSA) is 39.9 Å². The SMILES string of the molecule is CC(C)N1CCN(c2cccc3nc(CN(C(C)C)C4CCCc5cccnc54)cn23)CC1. The Morgan fingerprint density at radius 2 is 1.85 bits per heavy atom. The molecule has 1 unspecified atom stereocenters. The van der Waals surface area contributed by atoms with Crippen LogP contribution >= 0.6 is 0 Å². The van der Waals surface area contributed by atoms with Gasteiger partial charge in [-0.25, -0.2) is 4.98 Å². The Morgan fingerprint density at radius 3 is 2.61 bits per heavy atom. The van der Waals surface area contributed by atoms with Gasteiger partial charge in [-0.05, 0) is 70.7 Å². The van der Waals surface area contributed by atoms with E-state index in [9.17, 15) is 0 Å². The van der Waals surface area contributed by atoms with Crippen molar-refractivity contribution >= 4 is 11.5 Å². The molecule has 0 radical (unpaired) electrons. The van der Waals surface area contributed by atoms with Gasteiger partial charge in [0.25, 0.3) is 0 Å². The van der Waals surface area contributed by atoms with Gasteiger partial charge in [0.15, 0.2) is 0 Å². The fourth-order valence-corrected chi connectivity index (χ4v) is 5.60. The summed E-state index contributed by atoms with van der Waals surface area (Å²) in [6, 6.07) is 12.3. The fourth-order valence-electron chi connectivity index (χ4n) is 5.60. The highest BCUT2D eigenvalue weighted by Gasteiger charge is 2.29. The van der Waals surface area contributed by atoms with E-state index >= 15 is 0 Å². The average Bonchev–Trinajstić information content (AvgIpc) is 3.25. The molecule has 0 spiro atoms. The first-order valence-electron chi connectivity index (χ1n) is 12.7. The van der Waals surface area contributed by atoms with Crippen LogP contribution in [0.15, 0.2) is 42.7 Å². The second-order valence-electron chi connectivity index (χ2n) is 10.2. The molecular formula is C27H38N6. The van der Waals surface area contributed by atoms with E-state index in [1.807, 2.05) is 6.20 Å². The quantitative estimate of drug-likeness (QED) is 0.556. The van der Waals surface area contributed by atoms with Crippen LogP contribution in [0.1, 0.15) is 63.5 Å². The molecule has 176 valence electrons. The predicted octanol–water partition coefficient (Wildman–Crippen LogP) is 4.55. The van der Waals surface area contributed by atoms with E-state index in [0.717, 1.165) is 50.5 Å². The number of nitrogens with zero attached hydrogens (tertiary/aromatic N) is 6. The summed E-state index contributed by atoms with van der Waals surface area (Å²) in [5.41, 5.74) is 4.86. The maximum absolute atomic E-state index is 5.05. The highest BCUT2D eigenvalue weighted by Crippen LogP contribution is 2.35. The van der Waals surface area contributed by atoms with E-state index in [2.05, 4.69) is 83.3 Å². The maximum atomic E-state index is 5.05. The van der Waals surface area contributed by atoms with E-state index in [4.69, 9.17) is 9.97 Å². The number of fused-ring (bicyclic) bond motifs is 2. The van der Waals surface area contributed by atoms with Crippen molar-refractivity contribution in [1.82, 2.24) is 24.2 Å². The Bertz CT molecular complexity index is 1080. The summed E-state index contributed by atoms with van der Waals surface area (Å²) in [6.07, 6.45) is 7.75. The molecule has 6 nitrogen and oxygen atoms in total. The van der Waals surface area contributed by atoms with Gasteiger partial charge in [-0.1, -0.05) is 12.1 Å². The number of hydrogen-bond donors (Lipinski definition) is 0. The summed E-state index contributed by atoms with van der Waals surface area (Å²) < 4.78 is 2.30. The van der Waals surface area contributed by atoms with E-state index < -0.39 is 0 Å². The molecule has 0 amide bonds. The molecule has 33 heavy (non-hydrogen) atoms. The van der Waals surface area contributed by atoms with Crippen molar-refractivity contribution in [2.75, 3.05) is 31.1 Å². The molecule has 3 aromatic heterocycles. The fraction of sp³-hybridized carbons (Fsp3) is 0.556. The van der Waals surface area contributed by atoms with Crippen LogP contribution < -0.4 is 4.90 Å². The second kappa shape index (κ2) is 9.43. The third-order valence-corrected chi connectivity index (χ3v) is 7.46. The molecule has 0 bridgehead atoms. The number of imidazole rings is 1. The molecule has 1 atom stereocenters. The lowest BCUT2D eigenvalue weighted by atomic mass is 9.90. The lowest BCUT2D eigenvalue weighted by Gasteiger charge is -2.38. The van der Waals surface area contributed by atoms with Crippen molar-refractivity contribution in [2.45, 2.75) is 71.6 Å². The first-order chi connectivity index (χ1) is 16.0. The van der Waals surface area contributed by atoms with E-state index in [1.165, 1.54) is 29.9 Å². The minimum Gasteiger partial charge on any atom is -0.355 e. The Labute approximate surface area is 198 Å². The molecule has 1 aliphatic carbocycles. The van der Waals surface area contributed by atoms with Crippen LogP contribution in [0, 0.1) is 0 Å². The van der Waals surface area contributed by atoms with Crippen molar-refractivity contribution in [3.63, 3.8) is 0 Å². The standard InChI is InChI=1S/C27H38N6/c1-20(2)30-14-16-31(17-15-30)26-12-6-11-25-29-23(19-33(25)26)18-32(21(3)4)24-10-5-8-22-9-7-13-28-27(22)24/h6-7,9,11-13,19-21,24H,5,8,10,14-18H2,1-4H3. The Morgan fingerprint density at radius 1 is 1.03 bits per heavy atom. The minimum atomic E-state index is 0.364. The number of rotatable bonds is 6. The minimum absolute atomic E-state index is 0.364. The van der Waals surface area contributed by atoms with E-state index in [-0.39, 0.29) is 0 Å². The average molecular weight is 447 g/mol. The number of anilines is 1. The van der Waals surface area contributed by atoms with Crippen molar-refractivity contribution in [2.24, 2.45) is 0 Å². The highest BCUT2D eigenvalue weighted by atomic mass is 15.3. The molecule has 6 heteroatoms. The highest BCUT2D eigenvalue weighted by molar-refractivity contribution is 5.53. The van der Waals surface area contributed by atoms with E-state index in [0.29, 0.717) is 18.1 Å². The number of piperazine rings is 1. The van der Waals surface area contributed by atoms with Crippen LogP contribution in [0.3, 0.4) is 0 Å². The molecule has 4 heterocycles. The molecule has 1 saturated heterocycles. The largest absolute Gasteiger partial charge is 0.355 e. The van der Waals surface area contributed by atoms with Gasteiger partial charge in [-0.15, -0.1) is 0 Å². The predicted molar refractivity (Wildman–Crippen MR) is 135 cm³/mol. The Balaban J connectivity index is 1.40. The molecule has 2 aliphatic rings. The van der Waals surface area contributed by atoms with Gasteiger partial charge in [0.1, 0.15) is 11.5 Å². The smallest absolute Gasteiger partial charge is 0.138 e. The van der Waals surface area contributed by atoms with Crippen molar-refractivity contribution in [1.29, 1.82) is 0 Å². The first-order valence-corrected chi connectivity index (χ1v) is 12.7. The van der Waals surface area contributed by atoms with Gasteiger partial charge in [0.2, 0.25) is 0 Å². The van der Waals surface area contributed by atoms with Gasteiger partial charge >= 0.3 is 0 Å². The lowest BCUT2D eigenvalue weighted by molar-refractivity contribution is 0.124. The normalized spacial score (nSPS) is 19.7. The lowest BCUT2D eigenvalue weighted by Crippen LogP contribution is -2.49. The molecule has 5 rings (SSSR count). The van der Waals surface area contributed by atoms with Gasteiger partial charge in [-0.2, -0.15) is 0 Å². The summed E-state index contributed by atoms with van der Waals surface area (Å²) in [4.78, 5) is 17.5. The number of aryl methyl sites for hydroxylation is 1. The van der Waals surface area contributed by atoms with Crippen LogP contribution in [0.4, 0.5) is 5.82 Å². The van der Waals surface area contributed by atoms with Crippen molar-refractivity contribution < 1.29 is 0 Å². The summed E-state index contributed by atoms with van der Waals surface area (Å²) in [6.45, 7) is 14.4. The monoisotopic (exact) mass is 446 g/mol. The third-order valence-electron chi connectivity index (χ3n) is 7.46. The zero-order valence-electron chi connectivity index (χ0n) is 20.6. The second-order valence-corrected chi connectivity index (χ2v) is 10.2. The van der Waals surface area contributed by atoms with Crippen LogP contribution in [0.5, 0.6) is 0 Å². The molecule has 0 saturated carbocycles. The van der Waals surface area contributed by atoms with Crippen LogP contribution in [0.25, 0.3) is 5.65 Å². The molecule has 3 aromatic rings. The Hall–Kier alpha value is -2.44. The molecule has 0 N–H and O–H groups in total. The first kappa shape index (κ1) is 22.4. The number of pyridine rings is 2. The third kappa shape index (κ3) is 4.51. The van der Waals surface area contributed by atoms with Gasteiger partial charge in [0.05, 0.1) is 17.4 Å². The van der Waals surface area contributed by atoms with Gasteiger partial charge in [0, 0.05) is 57.2 Å². The maximum Gasteiger partial charge on any atom is 0.138 e. The molecule has 0 aromatic carbocycles. The zero-order chi connectivity index (χ0) is 22.9. The molecule has 1 aliphatic heterocycles. The summed E-state index contributed by atoms with van der Waals surface area (Å²) in [5.74, 6) is 1.26. The van der Waals surface area contributed by atoms with Gasteiger partial charge in [-0.3, -0.25) is 19.2 Å². The van der Waals surface area contributed by atoms with Gasteiger partial charge < -0.3 is 4.90 Å². The summed E-state index contributed by atoms with van der Waals surface area (Å²) >= 11 is 0. The number of aromatic nitrogens is 3. The van der Waals surface area contributed by atoms with Crippen molar-refractivity contribution in [3.8, 4) is 0 Å².